The van der Waals surface area contributed by atoms with Crippen molar-refractivity contribution in [2.75, 3.05) is 43.4 Å². The van der Waals surface area contributed by atoms with Gasteiger partial charge in [-0.3, -0.25) is 4.90 Å². The fourth-order valence-electron chi connectivity index (χ4n) is 7.87. The van der Waals surface area contributed by atoms with E-state index >= 15 is 4.39 Å². The van der Waals surface area contributed by atoms with E-state index in [1.54, 1.807) is 30.3 Å². The summed E-state index contributed by atoms with van der Waals surface area (Å²) in [7, 11) is 0. The van der Waals surface area contributed by atoms with Gasteiger partial charge in [0.05, 0.1) is 23.1 Å². The molecule has 4 aromatic rings. The van der Waals surface area contributed by atoms with Gasteiger partial charge in [-0.05, 0) is 61.0 Å². The number of piperazine rings is 1. The van der Waals surface area contributed by atoms with Gasteiger partial charge >= 0.3 is 6.01 Å². The van der Waals surface area contributed by atoms with Gasteiger partial charge in [-0.1, -0.05) is 30.2 Å². The molecule has 3 fully saturated rings. The van der Waals surface area contributed by atoms with Gasteiger partial charge in [0.25, 0.3) is 0 Å². The highest BCUT2D eigenvalue weighted by Gasteiger charge is 2.49. The second-order valence-corrected chi connectivity index (χ2v) is 12.6. The first kappa shape index (κ1) is 27.8. The minimum Gasteiger partial charge on any atom is -0.461 e. The maximum absolute atomic E-state index is 16.9. The van der Waals surface area contributed by atoms with E-state index in [1.165, 1.54) is 6.07 Å². The van der Waals surface area contributed by atoms with Gasteiger partial charge in [0.2, 0.25) is 0 Å². The van der Waals surface area contributed by atoms with Crippen molar-refractivity contribution >= 4 is 33.2 Å². The molecule has 0 radical (unpaired) electrons. The standard InChI is InChI=1S/C35H31F2N7O/c1-2-25-29(36)9-4-21-12-22(39)13-28(30(21)25)26-7-8-27-32(31(26)37)41-34(42-33(27)43-17-23-5-6-24(18-43)40-23)45-19-35-10-3-11-44(35)16-20(14-35)15-38/h1,4-9,12-13,20,23-24,40H,3,10-11,14,16-19,39H2. The lowest BCUT2D eigenvalue weighted by molar-refractivity contribution is 0.107. The first-order chi connectivity index (χ1) is 21.9. The Labute approximate surface area is 259 Å². The highest BCUT2D eigenvalue weighted by Crippen LogP contribution is 2.43. The molecule has 3 aromatic carbocycles. The number of nitrogen functional groups attached to an aromatic ring is 1. The van der Waals surface area contributed by atoms with E-state index in [9.17, 15) is 9.65 Å². The lowest BCUT2D eigenvalue weighted by Gasteiger charge is -2.35. The Morgan fingerprint density at radius 2 is 1.91 bits per heavy atom. The third kappa shape index (κ3) is 4.48. The average Bonchev–Trinajstić information content (AvgIpc) is 3.71. The molecular weight excluding hydrogens is 572 g/mol. The number of rotatable bonds is 5. The van der Waals surface area contributed by atoms with Gasteiger partial charge < -0.3 is 20.7 Å². The average molecular weight is 604 g/mol. The second kappa shape index (κ2) is 10.4. The number of nitrogens with zero attached hydrogens (tertiary/aromatic N) is 5. The molecule has 8 nitrogen and oxygen atoms in total. The number of ether oxygens (including phenoxy) is 1. The van der Waals surface area contributed by atoms with Crippen LogP contribution in [0.25, 0.3) is 32.8 Å². The van der Waals surface area contributed by atoms with Crippen molar-refractivity contribution in [3.8, 4) is 35.6 Å². The van der Waals surface area contributed by atoms with Crippen molar-refractivity contribution in [3.05, 3.63) is 65.7 Å². The summed E-state index contributed by atoms with van der Waals surface area (Å²) in [6.07, 6.45) is 12.7. The predicted octanol–water partition coefficient (Wildman–Crippen LogP) is 4.77. The van der Waals surface area contributed by atoms with E-state index in [-0.39, 0.29) is 46.2 Å². The highest BCUT2D eigenvalue weighted by molar-refractivity contribution is 6.04. The van der Waals surface area contributed by atoms with Gasteiger partial charge in [0.15, 0.2) is 5.82 Å². The number of terminal acetylenes is 1. The number of nitriles is 1. The van der Waals surface area contributed by atoms with Crippen molar-refractivity contribution < 1.29 is 13.5 Å². The zero-order valence-electron chi connectivity index (χ0n) is 24.6. The summed E-state index contributed by atoms with van der Waals surface area (Å²) in [4.78, 5) is 14.0. The van der Waals surface area contributed by atoms with E-state index in [1.807, 2.05) is 0 Å². The molecule has 5 heterocycles. The fourth-order valence-corrected chi connectivity index (χ4v) is 7.87. The number of hydrogen-bond acceptors (Lipinski definition) is 8. The predicted molar refractivity (Wildman–Crippen MR) is 170 cm³/mol. The molecule has 4 atom stereocenters. The molecule has 1 aromatic heterocycles. The van der Waals surface area contributed by atoms with Crippen molar-refractivity contribution in [3.63, 3.8) is 0 Å². The molecule has 4 aliphatic rings. The number of benzene rings is 3. The van der Waals surface area contributed by atoms with E-state index in [4.69, 9.17) is 21.9 Å². The van der Waals surface area contributed by atoms with Crippen molar-refractivity contribution in [1.82, 2.24) is 20.2 Å². The number of anilines is 2. The first-order valence-electron chi connectivity index (χ1n) is 15.3. The Balaban J connectivity index is 1.27. The SMILES string of the molecule is C#Cc1c(F)ccc2cc(N)cc(-c3ccc4c(N5CC6C=CC(C5)N6)nc(OCC56CCCN5CC(C#N)C6)nc4c3F)c12. The maximum atomic E-state index is 16.9. The molecule has 8 rings (SSSR count). The van der Waals surface area contributed by atoms with Crippen LogP contribution in [0.5, 0.6) is 6.01 Å². The van der Waals surface area contributed by atoms with E-state index in [2.05, 4.69) is 44.2 Å². The summed E-state index contributed by atoms with van der Waals surface area (Å²) in [6, 6.07) is 12.5. The third-order valence-corrected chi connectivity index (χ3v) is 9.89. The highest BCUT2D eigenvalue weighted by atomic mass is 19.1. The van der Waals surface area contributed by atoms with E-state index in [0.717, 1.165) is 32.4 Å². The number of nitrogens with one attached hydrogen (secondary N) is 1. The number of hydrogen-bond donors (Lipinski definition) is 2. The quantitative estimate of drug-likeness (QED) is 0.191. The lowest BCUT2D eigenvalue weighted by atomic mass is 9.91. The molecule has 3 saturated heterocycles. The van der Waals surface area contributed by atoms with Crippen LogP contribution in [-0.4, -0.2) is 65.3 Å². The number of fused-ring (bicyclic) bond motifs is 5. The Hall–Kier alpha value is -4.77. The number of nitrogens with two attached hydrogens (primary N) is 1. The molecule has 0 amide bonds. The molecule has 2 bridgehead atoms. The zero-order chi connectivity index (χ0) is 30.9. The number of halogens is 2. The van der Waals surface area contributed by atoms with Crippen LogP contribution in [-0.2, 0) is 0 Å². The summed E-state index contributed by atoms with van der Waals surface area (Å²) < 4.78 is 38.1. The molecule has 226 valence electrons. The number of aromatic nitrogens is 2. The monoisotopic (exact) mass is 603 g/mol. The van der Waals surface area contributed by atoms with Crippen LogP contribution in [0, 0.1) is 41.2 Å². The molecule has 45 heavy (non-hydrogen) atoms. The molecule has 10 heteroatoms. The smallest absolute Gasteiger partial charge is 0.319 e. The van der Waals surface area contributed by atoms with Crippen LogP contribution >= 0.6 is 0 Å². The lowest BCUT2D eigenvalue weighted by Crippen LogP contribution is -2.52. The molecule has 4 unspecified atom stereocenters. The summed E-state index contributed by atoms with van der Waals surface area (Å²) in [5.41, 5.74) is 7.11. The van der Waals surface area contributed by atoms with Gasteiger partial charge in [0.1, 0.15) is 23.8 Å². The summed E-state index contributed by atoms with van der Waals surface area (Å²) in [5, 5.41) is 14.7. The fraction of sp³-hybridized carbons (Fsp3) is 0.343. The van der Waals surface area contributed by atoms with Crippen molar-refractivity contribution in [2.45, 2.75) is 36.9 Å². The maximum Gasteiger partial charge on any atom is 0.319 e. The third-order valence-electron chi connectivity index (χ3n) is 9.89. The topological polar surface area (TPSA) is 103 Å². The largest absolute Gasteiger partial charge is 0.461 e. The summed E-state index contributed by atoms with van der Waals surface area (Å²) >= 11 is 0. The van der Waals surface area contributed by atoms with Gasteiger partial charge in [-0.15, -0.1) is 6.42 Å². The van der Waals surface area contributed by atoms with Crippen molar-refractivity contribution in [2.24, 2.45) is 5.92 Å². The minimum absolute atomic E-state index is 0.0447. The second-order valence-electron chi connectivity index (χ2n) is 12.6. The summed E-state index contributed by atoms with van der Waals surface area (Å²) in [6.45, 7) is 3.29. The van der Waals surface area contributed by atoms with Crippen LogP contribution in [0.3, 0.4) is 0 Å². The van der Waals surface area contributed by atoms with Crippen LogP contribution in [0.2, 0.25) is 0 Å². The molecule has 0 saturated carbocycles. The Kier molecular flexibility index (Phi) is 6.42. The van der Waals surface area contributed by atoms with Crippen LogP contribution in [0.4, 0.5) is 20.3 Å². The molecule has 4 aliphatic heterocycles. The molecule has 0 spiro atoms. The van der Waals surface area contributed by atoms with Gasteiger partial charge in [-0.2, -0.15) is 15.2 Å². The zero-order valence-corrected chi connectivity index (χ0v) is 24.6. The normalized spacial score (nSPS) is 25.5. The molecule has 0 aliphatic carbocycles. The first-order valence-corrected chi connectivity index (χ1v) is 15.3. The van der Waals surface area contributed by atoms with Crippen LogP contribution in [0.1, 0.15) is 24.8 Å². The molecule has 3 N–H and O–H groups in total. The Morgan fingerprint density at radius 1 is 1.09 bits per heavy atom. The Bertz CT molecular complexity index is 1980. The van der Waals surface area contributed by atoms with E-state index in [0.29, 0.717) is 52.9 Å². The van der Waals surface area contributed by atoms with Crippen molar-refractivity contribution in [1.29, 1.82) is 5.26 Å². The van der Waals surface area contributed by atoms with Crippen LogP contribution in [0.15, 0.2) is 48.6 Å². The minimum atomic E-state index is -0.595. The Morgan fingerprint density at radius 3 is 2.69 bits per heavy atom. The molecular formula is C35H31F2N7O. The van der Waals surface area contributed by atoms with E-state index < -0.39 is 11.6 Å². The van der Waals surface area contributed by atoms with Gasteiger partial charge in [-0.25, -0.2) is 8.78 Å². The summed E-state index contributed by atoms with van der Waals surface area (Å²) in [5.74, 6) is 1.83. The van der Waals surface area contributed by atoms with Gasteiger partial charge in [0, 0.05) is 53.7 Å². The van der Waals surface area contributed by atoms with Crippen LogP contribution < -0.4 is 20.7 Å².